The SMILES string of the molecule is CNc1cccc(C2=CCCCC(OCCc3ccc(OC)c(OC)c3)=N2)c1. The largest absolute Gasteiger partial charge is 0.493 e. The lowest BCUT2D eigenvalue weighted by atomic mass is 10.1. The second kappa shape index (κ2) is 9.83. The first kappa shape index (κ1) is 19.8. The van der Waals surface area contributed by atoms with E-state index in [4.69, 9.17) is 19.2 Å². The zero-order chi connectivity index (χ0) is 19.8. The van der Waals surface area contributed by atoms with Crippen molar-refractivity contribution < 1.29 is 14.2 Å². The van der Waals surface area contributed by atoms with Gasteiger partial charge >= 0.3 is 0 Å². The van der Waals surface area contributed by atoms with E-state index in [2.05, 4.69) is 23.5 Å². The summed E-state index contributed by atoms with van der Waals surface area (Å²) in [6.45, 7) is 0.581. The van der Waals surface area contributed by atoms with Crippen LogP contribution in [0.25, 0.3) is 5.70 Å². The number of anilines is 1. The molecule has 5 heteroatoms. The molecule has 0 saturated carbocycles. The molecule has 0 atom stereocenters. The molecule has 0 radical (unpaired) electrons. The van der Waals surface area contributed by atoms with Crippen LogP contribution in [-0.4, -0.2) is 33.8 Å². The summed E-state index contributed by atoms with van der Waals surface area (Å²) in [6, 6.07) is 14.2. The van der Waals surface area contributed by atoms with Gasteiger partial charge in [-0.15, -0.1) is 0 Å². The van der Waals surface area contributed by atoms with Gasteiger partial charge in [0.05, 0.1) is 26.5 Å². The predicted octanol–water partition coefficient (Wildman–Crippen LogP) is 4.93. The van der Waals surface area contributed by atoms with Crippen molar-refractivity contribution in [2.75, 3.05) is 33.2 Å². The number of hydrogen-bond donors (Lipinski definition) is 1. The van der Waals surface area contributed by atoms with E-state index in [1.54, 1.807) is 14.2 Å². The zero-order valence-corrected chi connectivity index (χ0v) is 16.8. The minimum atomic E-state index is 0.581. The van der Waals surface area contributed by atoms with E-state index in [-0.39, 0.29) is 0 Å². The number of aliphatic imine (C=N–C) groups is 1. The summed E-state index contributed by atoms with van der Waals surface area (Å²) in [5.41, 5.74) is 4.31. The molecule has 0 aromatic heterocycles. The number of nitrogens with zero attached hydrogens (tertiary/aromatic N) is 1. The van der Waals surface area contributed by atoms with Crippen molar-refractivity contribution in [2.45, 2.75) is 25.7 Å². The van der Waals surface area contributed by atoms with Crippen LogP contribution in [0.5, 0.6) is 11.5 Å². The van der Waals surface area contributed by atoms with E-state index < -0.39 is 0 Å². The lowest BCUT2D eigenvalue weighted by Crippen LogP contribution is -2.08. The fourth-order valence-corrected chi connectivity index (χ4v) is 3.17. The van der Waals surface area contributed by atoms with Crippen LogP contribution in [0.2, 0.25) is 0 Å². The van der Waals surface area contributed by atoms with Crippen molar-refractivity contribution >= 4 is 17.3 Å². The van der Waals surface area contributed by atoms with Crippen molar-refractivity contribution in [3.63, 3.8) is 0 Å². The van der Waals surface area contributed by atoms with E-state index in [0.29, 0.717) is 6.61 Å². The lowest BCUT2D eigenvalue weighted by Gasteiger charge is -2.11. The normalized spacial score (nSPS) is 13.8. The van der Waals surface area contributed by atoms with Crippen LogP contribution in [0.3, 0.4) is 0 Å². The number of nitrogens with one attached hydrogen (secondary N) is 1. The minimum Gasteiger partial charge on any atom is -0.493 e. The molecule has 5 nitrogen and oxygen atoms in total. The Balaban J connectivity index is 1.65. The molecule has 1 N–H and O–H groups in total. The fraction of sp³-hybridized carbons (Fsp3) is 0.348. The van der Waals surface area contributed by atoms with E-state index >= 15 is 0 Å². The van der Waals surface area contributed by atoms with Crippen LogP contribution < -0.4 is 14.8 Å². The summed E-state index contributed by atoms with van der Waals surface area (Å²) >= 11 is 0. The van der Waals surface area contributed by atoms with Gasteiger partial charge in [-0.25, -0.2) is 4.99 Å². The zero-order valence-electron chi connectivity index (χ0n) is 16.8. The minimum absolute atomic E-state index is 0.581. The van der Waals surface area contributed by atoms with Gasteiger partial charge in [-0.1, -0.05) is 24.3 Å². The van der Waals surface area contributed by atoms with Gasteiger partial charge in [0.2, 0.25) is 0 Å². The third-order valence-electron chi connectivity index (χ3n) is 4.73. The highest BCUT2D eigenvalue weighted by atomic mass is 16.5. The van der Waals surface area contributed by atoms with Gasteiger partial charge in [-0.05, 0) is 42.7 Å². The molecule has 0 fully saturated rings. The smallest absolute Gasteiger partial charge is 0.188 e. The summed E-state index contributed by atoms with van der Waals surface area (Å²) in [4.78, 5) is 4.80. The number of ether oxygens (including phenoxy) is 3. The number of methoxy groups -OCH3 is 2. The Morgan fingerprint density at radius 1 is 1.04 bits per heavy atom. The molecule has 0 aliphatic carbocycles. The molecule has 0 amide bonds. The molecule has 0 spiro atoms. The van der Waals surface area contributed by atoms with Crippen LogP contribution in [0, 0.1) is 0 Å². The average Bonchev–Trinajstić information content (AvgIpc) is 2.99. The highest BCUT2D eigenvalue weighted by Crippen LogP contribution is 2.28. The third kappa shape index (κ3) is 5.06. The van der Waals surface area contributed by atoms with Gasteiger partial charge in [0, 0.05) is 31.1 Å². The lowest BCUT2D eigenvalue weighted by molar-refractivity contribution is 0.299. The number of allylic oxidation sites excluding steroid dienone is 1. The molecule has 148 valence electrons. The Kier molecular flexibility index (Phi) is 6.95. The van der Waals surface area contributed by atoms with Gasteiger partial charge in [-0.3, -0.25) is 0 Å². The first-order valence-electron chi connectivity index (χ1n) is 9.63. The fourth-order valence-electron chi connectivity index (χ4n) is 3.17. The molecule has 0 unspecified atom stereocenters. The van der Waals surface area contributed by atoms with Crippen LogP contribution in [-0.2, 0) is 11.2 Å². The predicted molar refractivity (Wildman–Crippen MR) is 114 cm³/mol. The second-order valence-corrected chi connectivity index (χ2v) is 6.61. The topological polar surface area (TPSA) is 52.1 Å². The molecule has 3 rings (SSSR count). The maximum absolute atomic E-state index is 6.03. The number of benzene rings is 2. The van der Waals surface area contributed by atoms with E-state index in [1.807, 2.05) is 37.4 Å². The maximum atomic E-state index is 6.03. The first-order valence-corrected chi connectivity index (χ1v) is 9.63. The molecule has 0 saturated heterocycles. The Bertz CT molecular complexity index is 859. The molecule has 1 aliphatic heterocycles. The highest BCUT2D eigenvalue weighted by Gasteiger charge is 2.10. The molecular formula is C23H28N2O3. The van der Waals surface area contributed by atoms with Crippen molar-refractivity contribution in [3.8, 4) is 11.5 Å². The van der Waals surface area contributed by atoms with Crippen molar-refractivity contribution in [3.05, 3.63) is 59.7 Å². The number of hydrogen-bond acceptors (Lipinski definition) is 5. The average molecular weight is 380 g/mol. The molecule has 28 heavy (non-hydrogen) atoms. The third-order valence-corrected chi connectivity index (χ3v) is 4.73. The molecule has 2 aromatic rings. The molecule has 2 aromatic carbocycles. The van der Waals surface area contributed by atoms with Crippen LogP contribution in [0.15, 0.2) is 53.5 Å². The Morgan fingerprint density at radius 3 is 2.68 bits per heavy atom. The molecule has 0 bridgehead atoms. The maximum Gasteiger partial charge on any atom is 0.188 e. The van der Waals surface area contributed by atoms with Gasteiger partial charge in [0.15, 0.2) is 17.4 Å². The van der Waals surface area contributed by atoms with Gasteiger partial charge < -0.3 is 19.5 Å². The first-order chi connectivity index (χ1) is 13.7. The summed E-state index contributed by atoms with van der Waals surface area (Å²) in [5, 5.41) is 3.18. The Morgan fingerprint density at radius 2 is 1.89 bits per heavy atom. The van der Waals surface area contributed by atoms with Crippen molar-refractivity contribution in [1.82, 2.24) is 0 Å². The molecule has 1 heterocycles. The van der Waals surface area contributed by atoms with Crippen molar-refractivity contribution in [1.29, 1.82) is 0 Å². The summed E-state index contributed by atoms with van der Waals surface area (Å²) in [6.07, 6.45) is 5.89. The van der Waals surface area contributed by atoms with Gasteiger partial charge in [0.1, 0.15) is 0 Å². The van der Waals surface area contributed by atoms with Gasteiger partial charge in [-0.2, -0.15) is 0 Å². The van der Waals surface area contributed by atoms with Crippen molar-refractivity contribution in [2.24, 2.45) is 4.99 Å². The van der Waals surface area contributed by atoms with Crippen LogP contribution in [0.1, 0.15) is 30.4 Å². The Hall–Kier alpha value is -2.95. The summed E-state index contributed by atoms with van der Waals surface area (Å²) < 4.78 is 16.7. The highest BCUT2D eigenvalue weighted by molar-refractivity contribution is 5.85. The molecule has 1 aliphatic rings. The van der Waals surface area contributed by atoms with E-state index in [9.17, 15) is 0 Å². The summed E-state index contributed by atoms with van der Waals surface area (Å²) in [7, 11) is 5.21. The van der Waals surface area contributed by atoms with Crippen LogP contribution >= 0.6 is 0 Å². The van der Waals surface area contributed by atoms with Crippen LogP contribution in [0.4, 0.5) is 5.69 Å². The van der Waals surface area contributed by atoms with Gasteiger partial charge in [0.25, 0.3) is 0 Å². The van der Waals surface area contributed by atoms with E-state index in [0.717, 1.165) is 65.6 Å². The monoisotopic (exact) mass is 380 g/mol. The quantitative estimate of drug-likeness (QED) is 0.740. The van der Waals surface area contributed by atoms with E-state index in [1.165, 1.54) is 0 Å². The second-order valence-electron chi connectivity index (χ2n) is 6.61. The molecular weight excluding hydrogens is 352 g/mol. The standard InChI is InChI=1S/C23H28N2O3/c1-24-19-8-6-7-18(16-19)20-9-4-5-10-23(25-20)28-14-13-17-11-12-21(26-2)22(15-17)27-3/h6-9,11-12,15-16,24H,4-5,10,13-14H2,1-3H3. The Labute approximate surface area is 167 Å². The summed E-state index contributed by atoms with van der Waals surface area (Å²) in [5.74, 6) is 2.28. The number of rotatable bonds is 7.